The third-order valence-corrected chi connectivity index (χ3v) is 7.20. The summed E-state index contributed by atoms with van der Waals surface area (Å²) >= 11 is 5.25. The minimum atomic E-state index is -0.661. The van der Waals surface area contributed by atoms with Crippen LogP contribution in [0.1, 0.15) is 44.9 Å². The van der Waals surface area contributed by atoms with Crippen LogP contribution in [0.4, 0.5) is 0 Å². The van der Waals surface area contributed by atoms with E-state index >= 15 is 0 Å². The predicted molar refractivity (Wildman–Crippen MR) is 108 cm³/mol. The number of likely N-dealkylation sites (N-methyl/N-ethyl adjacent to an activating group) is 1. The maximum absolute atomic E-state index is 13.0. The molecule has 144 valence electrons. The van der Waals surface area contributed by atoms with Crippen LogP contribution in [0, 0.1) is 5.92 Å². The summed E-state index contributed by atoms with van der Waals surface area (Å²) in [6.07, 6.45) is 2.12. The van der Waals surface area contributed by atoms with Crippen LogP contribution in [0.3, 0.4) is 0 Å². The fourth-order valence-corrected chi connectivity index (χ4v) is 5.69. The number of amides is 2. The number of halogens is 1. The van der Waals surface area contributed by atoms with Crippen LogP contribution in [0.5, 0.6) is 0 Å². The molecule has 1 unspecified atom stereocenters. The lowest BCUT2D eigenvalue weighted by Crippen LogP contribution is -2.72. The highest BCUT2D eigenvalue weighted by atomic mass is 79.9. The van der Waals surface area contributed by atoms with Gasteiger partial charge in [0.05, 0.1) is 0 Å². The molecule has 2 aliphatic rings. The van der Waals surface area contributed by atoms with Crippen LogP contribution in [0.2, 0.25) is 0 Å². The van der Waals surface area contributed by atoms with Crippen LogP contribution in [-0.2, 0) is 16.1 Å². The SMILES string of the molecule is CCN1C(=O)C(CC(C)C)NC(=O)C12CCN(Cc1cc(Br)cs1)CC2. The molecule has 2 fully saturated rings. The highest BCUT2D eigenvalue weighted by molar-refractivity contribution is 9.10. The Morgan fingerprint density at radius 2 is 2.04 bits per heavy atom. The number of nitrogens with one attached hydrogen (secondary N) is 1. The smallest absolute Gasteiger partial charge is 0.246 e. The van der Waals surface area contributed by atoms with E-state index in [-0.39, 0.29) is 17.9 Å². The van der Waals surface area contributed by atoms with Crippen molar-refractivity contribution in [1.82, 2.24) is 15.1 Å². The molecule has 7 heteroatoms. The number of piperidine rings is 1. The summed E-state index contributed by atoms with van der Waals surface area (Å²) < 4.78 is 1.12. The fraction of sp³-hybridized carbons (Fsp3) is 0.684. The number of carbonyl (C=O) groups excluding carboxylic acids is 2. The van der Waals surface area contributed by atoms with Gasteiger partial charge in [-0.15, -0.1) is 11.3 Å². The average Bonchev–Trinajstić information content (AvgIpc) is 2.99. The number of likely N-dealkylation sites (tertiary alicyclic amines) is 1. The number of nitrogens with zero attached hydrogens (tertiary/aromatic N) is 2. The molecule has 0 aromatic carbocycles. The predicted octanol–water partition coefficient (Wildman–Crippen LogP) is 3.24. The van der Waals surface area contributed by atoms with Crippen molar-refractivity contribution >= 4 is 39.1 Å². The van der Waals surface area contributed by atoms with Gasteiger partial charge in [-0.25, -0.2) is 0 Å². The van der Waals surface area contributed by atoms with Gasteiger partial charge in [-0.05, 0) is 54.1 Å². The molecular weight excluding hydrogens is 414 g/mol. The molecule has 1 aromatic rings. The van der Waals surface area contributed by atoms with Gasteiger partial charge in [-0.3, -0.25) is 14.5 Å². The summed E-state index contributed by atoms with van der Waals surface area (Å²) in [6, 6.07) is 1.79. The van der Waals surface area contributed by atoms with Gasteiger partial charge in [0.2, 0.25) is 11.8 Å². The van der Waals surface area contributed by atoms with E-state index in [9.17, 15) is 9.59 Å². The summed E-state index contributed by atoms with van der Waals surface area (Å²) in [6.45, 7) is 9.33. The van der Waals surface area contributed by atoms with E-state index in [1.54, 1.807) is 11.3 Å². The Kier molecular flexibility index (Phi) is 6.09. The zero-order chi connectivity index (χ0) is 18.9. The first-order valence-electron chi connectivity index (χ1n) is 9.43. The second-order valence-corrected chi connectivity index (χ2v) is 9.69. The van der Waals surface area contributed by atoms with Gasteiger partial charge in [0, 0.05) is 40.9 Å². The third kappa shape index (κ3) is 3.85. The molecule has 0 saturated carbocycles. The molecule has 2 saturated heterocycles. The van der Waals surface area contributed by atoms with E-state index in [4.69, 9.17) is 0 Å². The van der Waals surface area contributed by atoms with Crippen LogP contribution in [-0.4, -0.2) is 52.8 Å². The van der Waals surface area contributed by atoms with Crippen molar-refractivity contribution in [2.24, 2.45) is 5.92 Å². The largest absolute Gasteiger partial charge is 0.342 e. The Morgan fingerprint density at radius 3 is 2.58 bits per heavy atom. The lowest BCUT2D eigenvalue weighted by molar-refractivity contribution is -0.161. The van der Waals surface area contributed by atoms with Crippen LogP contribution in [0.25, 0.3) is 0 Å². The average molecular weight is 442 g/mol. The molecule has 1 aromatic heterocycles. The highest BCUT2D eigenvalue weighted by Gasteiger charge is 2.52. The maximum atomic E-state index is 13.0. The summed E-state index contributed by atoms with van der Waals surface area (Å²) in [5.41, 5.74) is -0.661. The van der Waals surface area contributed by atoms with Crippen molar-refractivity contribution in [2.75, 3.05) is 19.6 Å². The molecule has 0 bridgehead atoms. The van der Waals surface area contributed by atoms with Gasteiger partial charge in [0.15, 0.2) is 0 Å². The standard InChI is InChI=1S/C19H28BrN3O2S/c1-4-23-17(24)16(9-13(2)3)21-18(25)19(23)5-7-22(8-6-19)11-15-10-14(20)12-26-15/h10,12-13,16H,4-9,11H2,1-3H3,(H,21,25). The van der Waals surface area contributed by atoms with Gasteiger partial charge in [-0.1, -0.05) is 13.8 Å². The normalized spacial score (nSPS) is 23.7. The molecule has 1 atom stereocenters. The molecule has 0 radical (unpaired) electrons. The minimum Gasteiger partial charge on any atom is -0.342 e. The van der Waals surface area contributed by atoms with Crippen LogP contribution in [0.15, 0.2) is 15.9 Å². The Balaban J connectivity index is 1.69. The highest BCUT2D eigenvalue weighted by Crippen LogP contribution is 2.34. The van der Waals surface area contributed by atoms with E-state index in [2.05, 4.69) is 51.4 Å². The Bertz CT molecular complexity index is 667. The quantitative estimate of drug-likeness (QED) is 0.762. The van der Waals surface area contributed by atoms with Crippen molar-refractivity contribution in [1.29, 1.82) is 0 Å². The van der Waals surface area contributed by atoms with E-state index in [0.717, 1.165) is 24.1 Å². The van der Waals surface area contributed by atoms with E-state index < -0.39 is 5.54 Å². The summed E-state index contributed by atoms with van der Waals surface area (Å²) in [5.74, 6) is 0.517. The Labute approximate surface area is 168 Å². The zero-order valence-electron chi connectivity index (χ0n) is 15.8. The first-order chi connectivity index (χ1) is 12.4. The van der Waals surface area contributed by atoms with Crippen molar-refractivity contribution in [3.63, 3.8) is 0 Å². The van der Waals surface area contributed by atoms with Gasteiger partial charge in [-0.2, -0.15) is 0 Å². The Morgan fingerprint density at radius 1 is 1.35 bits per heavy atom. The lowest BCUT2D eigenvalue weighted by Gasteiger charge is -2.51. The van der Waals surface area contributed by atoms with Crippen molar-refractivity contribution in [3.8, 4) is 0 Å². The molecule has 1 spiro atoms. The van der Waals surface area contributed by atoms with E-state index in [1.165, 1.54) is 4.88 Å². The zero-order valence-corrected chi connectivity index (χ0v) is 18.2. The molecule has 5 nitrogen and oxygen atoms in total. The van der Waals surface area contributed by atoms with Crippen LogP contribution < -0.4 is 5.32 Å². The molecule has 3 heterocycles. The van der Waals surface area contributed by atoms with Crippen molar-refractivity contribution in [2.45, 2.75) is 58.2 Å². The number of rotatable bonds is 5. The van der Waals surface area contributed by atoms with Gasteiger partial charge >= 0.3 is 0 Å². The second kappa shape index (κ2) is 7.98. The molecule has 3 rings (SSSR count). The number of hydrogen-bond donors (Lipinski definition) is 1. The minimum absolute atomic E-state index is 0.0446. The summed E-state index contributed by atoms with van der Waals surface area (Å²) in [5, 5.41) is 5.14. The first kappa shape index (κ1) is 19.8. The molecule has 2 aliphatic heterocycles. The molecule has 2 amide bonds. The van der Waals surface area contributed by atoms with E-state index in [1.807, 2.05) is 11.8 Å². The first-order valence-corrected chi connectivity index (χ1v) is 11.1. The summed E-state index contributed by atoms with van der Waals surface area (Å²) in [4.78, 5) is 31.6. The molecule has 0 aliphatic carbocycles. The monoisotopic (exact) mass is 441 g/mol. The second-order valence-electron chi connectivity index (χ2n) is 7.78. The van der Waals surface area contributed by atoms with Crippen molar-refractivity contribution < 1.29 is 9.59 Å². The molecule has 26 heavy (non-hydrogen) atoms. The van der Waals surface area contributed by atoms with E-state index in [0.29, 0.717) is 31.7 Å². The van der Waals surface area contributed by atoms with Crippen molar-refractivity contribution in [3.05, 3.63) is 20.8 Å². The summed E-state index contributed by atoms with van der Waals surface area (Å²) in [7, 11) is 0. The van der Waals surface area contributed by atoms with Gasteiger partial charge in [0.25, 0.3) is 0 Å². The number of thiophene rings is 1. The van der Waals surface area contributed by atoms with Gasteiger partial charge < -0.3 is 10.2 Å². The topological polar surface area (TPSA) is 52.7 Å². The molecule has 1 N–H and O–H groups in total. The van der Waals surface area contributed by atoms with Crippen LogP contribution >= 0.6 is 27.3 Å². The fourth-order valence-electron chi connectivity index (χ4n) is 4.20. The number of carbonyl (C=O) groups is 2. The maximum Gasteiger partial charge on any atom is 0.246 e. The molecular formula is C19H28BrN3O2S. The van der Waals surface area contributed by atoms with Gasteiger partial charge in [0.1, 0.15) is 11.6 Å². The lowest BCUT2D eigenvalue weighted by atomic mass is 9.81. The Hall–Kier alpha value is -0.920. The number of piperazine rings is 1. The number of hydrogen-bond acceptors (Lipinski definition) is 4. The third-order valence-electron chi connectivity index (χ3n) is 5.52.